The van der Waals surface area contributed by atoms with Crippen LogP contribution in [0, 0.1) is 0 Å². The molecule has 2 nitrogen and oxygen atoms in total. The maximum Gasteiger partial charge on any atom is 0.143 e. The molecular formula is C5H14NO+. The predicted molar refractivity (Wildman–Crippen MR) is 31.4 cm³/mol. The zero-order valence-electron chi connectivity index (χ0n) is 4.78. The normalized spacial score (nSPS) is 14.1. The average molecular weight is 104 g/mol. The number of nitrogens with two attached hydrogens (primary N) is 1. The molecule has 0 saturated carbocycles. The molecule has 0 aromatic carbocycles. The van der Waals surface area contributed by atoms with Crippen LogP contribution in [0.3, 0.4) is 0 Å². The fourth-order valence-electron chi connectivity index (χ4n) is 0.424. The van der Waals surface area contributed by atoms with Gasteiger partial charge in [0, 0.05) is 12.5 Å². The van der Waals surface area contributed by atoms with Crippen LogP contribution in [0.15, 0.2) is 0 Å². The topological polar surface area (TPSA) is 48.9 Å². The Balaban J connectivity index is 2.68. The van der Waals surface area contributed by atoms with E-state index in [9.17, 15) is 0 Å². The zero-order chi connectivity index (χ0) is 5.70. The fraction of sp³-hybridized carbons (Fsp3) is 1.00. The minimum absolute atomic E-state index is 0.283. The Kier molecular flexibility index (Phi) is 4.04. The van der Waals surface area contributed by atoms with Crippen molar-refractivity contribution in [2.45, 2.75) is 25.8 Å². The van der Waals surface area contributed by atoms with Gasteiger partial charge < -0.3 is 10.8 Å². The van der Waals surface area contributed by atoms with Crippen LogP contribution in [0.25, 0.3) is 0 Å². The van der Waals surface area contributed by atoms with Crippen molar-refractivity contribution in [3.8, 4) is 0 Å². The van der Waals surface area contributed by atoms with Crippen LogP contribution in [0.4, 0.5) is 0 Å². The highest BCUT2D eigenvalue weighted by molar-refractivity contribution is 4.50. The highest BCUT2D eigenvalue weighted by Crippen LogP contribution is 1.89. The highest BCUT2D eigenvalue weighted by Gasteiger charge is 1.91. The predicted octanol–water partition coefficient (Wildman–Crippen LogP) is -0.162. The van der Waals surface area contributed by atoms with E-state index in [1.807, 2.05) is 6.92 Å². The molecular weight excluding hydrogens is 90.1 g/mol. The number of hydrogen-bond donors (Lipinski definition) is 1. The van der Waals surface area contributed by atoms with Crippen molar-refractivity contribution in [1.29, 1.82) is 0 Å². The van der Waals surface area contributed by atoms with E-state index in [-0.39, 0.29) is 6.04 Å². The van der Waals surface area contributed by atoms with Gasteiger partial charge in [0.1, 0.15) is 6.61 Å². The van der Waals surface area contributed by atoms with Gasteiger partial charge in [0.15, 0.2) is 0 Å². The molecule has 4 N–H and O–H groups in total. The summed E-state index contributed by atoms with van der Waals surface area (Å²) in [5.41, 5.74) is 5.40. The van der Waals surface area contributed by atoms with Crippen LogP contribution in [0.1, 0.15) is 19.8 Å². The second-order valence-electron chi connectivity index (χ2n) is 1.87. The molecule has 2 heteroatoms. The quantitative estimate of drug-likeness (QED) is 0.497. The molecule has 0 aromatic heterocycles. The number of rotatable bonds is 3. The molecule has 0 aliphatic heterocycles. The second-order valence-corrected chi connectivity index (χ2v) is 1.87. The summed E-state index contributed by atoms with van der Waals surface area (Å²) in [6, 6.07) is 0.283. The minimum atomic E-state index is 0.283. The molecule has 0 bridgehead atoms. The molecule has 0 unspecified atom stereocenters. The Labute approximate surface area is 44.3 Å². The lowest BCUT2D eigenvalue weighted by molar-refractivity contribution is 0.281. The van der Waals surface area contributed by atoms with E-state index in [0.717, 1.165) is 12.8 Å². The molecule has 0 rings (SSSR count). The minimum Gasteiger partial charge on any atom is -0.445 e. The first-order valence-electron chi connectivity index (χ1n) is 2.67. The standard InChI is InChI=1S/C5H13NO/c1-5(6)3-2-4-7/h5,7H,2-4,6H2,1H3/p+1/t5-/m0/s1. The first kappa shape index (κ1) is 6.92. The molecule has 1 atom stereocenters. The molecule has 0 spiro atoms. The SMILES string of the molecule is C[C@H](N)CCC[OH2+]. The van der Waals surface area contributed by atoms with Crippen LogP contribution in [-0.4, -0.2) is 17.8 Å². The third kappa shape index (κ3) is 5.92. The van der Waals surface area contributed by atoms with Gasteiger partial charge in [-0.15, -0.1) is 0 Å². The van der Waals surface area contributed by atoms with Crippen molar-refractivity contribution in [2.75, 3.05) is 6.61 Å². The van der Waals surface area contributed by atoms with E-state index in [1.54, 1.807) is 0 Å². The van der Waals surface area contributed by atoms with E-state index >= 15 is 0 Å². The van der Waals surface area contributed by atoms with Gasteiger partial charge in [-0.3, -0.25) is 0 Å². The summed E-state index contributed by atoms with van der Waals surface area (Å²) in [6.45, 7) is 2.48. The highest BCUT2D eigenvalue weighted by atomic mass is 16.2. The van der Waals surface area contributed by atoms with Crippen LogP contribution in [0.2, 0.25) is 0 Å². The lowest BCUT2D eigenvalue weighted by Gasteiger charge is -1.97. The molecule has 0 aliphatic carbocycles. The molecule has 0 saturated heterocycles. The van der Waals surface area contributed by atoms with Crippen molar-refractivity contribution >= 4 is 0 Å². The van der Waals surface area contributed by atoms with Gasteiger partial charge in [-0.05, 0) is 13.3 Å². The smallest absolute Gasteiger partial charge is 0.143 e. The molecule has 0 radical (unpaired) electrons. The van der Waals surface area contributed by atoms with Crippen molar-refractivity contribution < 1.29 is 5.11 Å². The summed E-state index contributed by atoms with van der Waals surface area (Å²) in [5.74, 6) is 0. The summed E-state index contributed by atoms with van der Waals surface area (Å²) < 4.78 is 0. The largest absolute Gasteiger partial charge is 0.445 e. The molecule has 0 aromatic rings. The van der Waals surface area contributed by atoms with Crippen molar-refractivity contribution in [3.63, 3.8) is 0 Å². The van der Waals surface area contributed by atoms with Gasteiger partial charge in [-0.2, -0.15) is 0 Å². The van der Waals surface area contributed by atoms with Gasteiger partial charge in [0.2, 0.25) is 0 Å². The molecule has 0 heterocycles. The average Bonchev–Trinajstić information content (AvgIpc) is 1.61. The summed E-state index contributed by atoms with van der Waals surface area (Å²) in [6.07, 6.45) is 1.93. The Hall–Kier alpha value is -0.0800. The molecule has 0 amide bonds. The van der Waals surface area contributed by atoms with Crippen LogP contribution < -0.4 is 5.73 Å². The third-order valence-corrected chi connectivity index (χ3v) is 0.836. The monoisotopic (exact) mass is 104 g/mol. The first-order valence-corrected chi connectivity index (χ1v) is 2.67. The maximum atomic E-state index is 6.74. The number of hydrogen-bond acceptors (Lipinski definition) is 1. The Bertz CT molecular complexity index is 37.1. The maximum absolute atomic E-state index is 6.74. The molecule has 7 heavy (non-hydrogen) atoms. The van der Waals surface area contributed by atoms with Crippen molar-refractivity contribution in [1.82, 2.24) is 0 Å². The Morgan fingerprint density at radius 3 is 2.43 bits per heavy atom. The van der Waals surface area contributed by atoms with Crippen molar-refractivity contribution in [2.24, 2.45) is 5.73 Å². The van der Waals surface area contributed by atoms with Gasteiger partial charge >= 0.3 is 0 Å². The van der Waals surface area contributed by atoms with E-state index in [1.165, 1.54) is 0 Å². The Morgan fingerprint density at radius 1 is 1.71 bits per heavy atom. The van der Waals surface area contributed by atoms with Crippen LogP contribution in [-0.2, 0) is 0 Å². The van der Waals surface area contributed by atoms with Gasteiger partial charge in [0.25, 0.3) is 0 Å². The zero-order valence-corrected chi connectivity index (χ0v) is 4.78. The molecule has 0 fully saturated rings. The first-order chi connectivity index (χ1) is 3.27. The summed E-state index contributed by atoms with van der Waals surface area (Å²) >= 11 is 0. The lowest BCUT2D eigenvalue weighted by atomic mass is 10.2. The van der Waals surface area contributed by atoms with Gasteiger partial charge in [0.05, 0.1) is 0 Å². The third-order valence-electron chi connectivity index (χ3n) is 0.836. The van der Waals surface area contributed by atoms with E-state index < -0.39 is 0 Å². The fourth-order valence-corrected chi connectivity index (χ4v) is 0.424. The van der Waals surface area contributed by atoms with E-state index in [2.05, 4.69) is 0 Å². The second kappa shape index (κ2) is 4.09. The molecule has 0 aliphatic rings. The van der Waals surface area contributed by atoms with Gasteiger partial charge in [-0.1, -0.05) is 0 Å². The van der Waals surface area contributed by atoms with E-state index in [4.69, 9.17) is 10.8 Å². The van der Waals surface area contributed by atoms with Crippen molar-refractivity contribution in [3.05, 3.63) is 0 Å². The van der Waals surface area contributed by atoms with Crippen LogP contribution in [0.5, 0.6) is 0 Å². The Morgan fingerprint density at radius 2 is 2.29 bits per heavy atom. The molecule has 44 valence electrons. The van der Waals surface area contributed by atoms with E-state index in [0.29, 0.717) is 6.61 Å². The lowest BCUT2D eigenvalue weighted by Crippen LogP contribution is -2.14. The summed E-state index contributed by atoms with van der Waals surface area (Å²) in [7, 11) is 0. The summed E-state index contributed by atoms with van der Waals surface area (Å²) in [5, 5.41) is 6.74. The summed E-state index contributed by atoms with van der Waals surface area (Å²) in [4.78, 5) is 0. The van der Waals surface area contributed by atoms with Gasteiger partial charge in [-0.25, -0.2) is 0 Å². The van der Waals surface area contributed by atoms with Crippen LogP contribution >= 0.6 is 0 Å².